The number of piperazine rings is 1. The zero-order valence-electron chi connectivity index (χ0n) is 16.5. The zero-order chi connectivity index (χ0) is 20.7. The number of rotatable bonds is 6. The van der Waals surface area contributed by atoms with E-state index in [4.69, 9.17) is 9.15 Å². The molecule has 3 heterocycles. The number of hydrogen-bond donors (Lipinski definition) is 0. The van der Waals surface area contributed by atoms with E-state index in [1.54, 1.807) is 23.5 Å². The number of sulfonamides is 1. The summed E-state index contributed by atoms with van der Waals surface area (Å²) in [6.45, 7) is 2.11. The number of ether oxygens (including phenoxy) is 1. The minimum absolute atomic E-state index is 0.304. The maximum Gasteiger partial charge on any atom is 0.257 e. The number of benzene rings is 1. The highest BCUT2D eigenvalue weighted by molar-refractivity contribution is 7.91. The van der Waals surface area contributed by atoms with Gasteiger partial charge in [0.2, 0.25) is 5.89 Å². The van der Waals surface area contributed by atoms with Crippen LogP contribution in [0.3, 0.4) is 0 Å². The van der Waals surface area contributed by atoms with Gasteiger partial charge in [-0.15, -0.1) is 21.5 Å². The Morgan fingerprint density at radius 2 is 1.90 bits per heavy atom. The summed E-state index contributed by atoms with van der Waals surface area (Å²) in [6, 6.07) is 11.2. The average Bonchev–Trinajstić information content (AvgIpc) is 3.29. The van der Waals surface area contributed by atoms with Crippen LogP contribution in [0, 0.1) is 0 Å². The lowest BCUT2D eigenvalue weighted by molar-refractivity contribution is 0.385. The van der Waals surface area contributed by atoms with Gasteiger partial charge < -0.3 is 14.1 Å². The van der Waals surface area contributed by atoms with E-state index in [2.05, 4.69) is 15.1 Å². The molecule has 10 heteroatoms. The Labute approximate surface area is 179 Å². The molecule has 0 radical (unpaired) electrons. The fraction of sp³-hybridized carbons (Fsp3) is 0.400. The van der Waals surface area contributed by atoms with E-state index in [9.17, 15) is 8.42 Å². The molecule has 0 N–H and O–H groups in total. The third kappa shape index (κ3) is 3.70. The minimum Gasteiger partial charge on any atom is -0.497 e. The Balaban J connectivity index is 1.28. The summed E-state index contributed by atoms with van der Waals surface area (Å²) in [5, 5.41) is 8.16. The zero-order valence-corrected chi connectivity index (χ0v) is 18.2. The molecule has 1 aliphatic heterocycles. The van der Waals surface area contributed by atoms with Crippen molar-refractivity contribution in [3.05, 3.63) is 42.3 Å². The number of thiophene rings is 1. The fourth-order valence-electron chi connectivity index (χ4n) is 3.52. The molecule has 158 valence electrons. The normalized spacial score (nSPS) is 18.0. The molecule has 3 aromatic rings. The Morgan fingerprint density at radius 1 is 1.10 bits per heavy atom. The lowest BCUT2D eigenvalue weighted by Gasteiger charge is -2.35. The van der Waals surface area contributed by atoms with E-state index >= 15 is 0 Å². The Morgan fingerprint density at radius 3 is 2.63 bits per heavy atom. The van der Waals surface area contributed by atoms with Crippen molar-refractivity contribution in [3.8, 4) is 16.5 Å². The number of hydrogen-bond acceptors (Lipinski definition) is 8. The highest BCUT2D eigenvalue weighted by atomic mass is 32.2. The molecule has 2 fully saturated rings. The molecule has 0 atom stereocenters. The smallest absolute Gasteiger partial charge is 0.257 e. The highest BCUT2D eigenvalue weighted by Gasteiger charge is 2.32. The molecule has 1 saturated carbocycles. The second-order valence-electron chi connectivity index (χ2n) is 7.43. The van der Waals surface area contributed by atoms with Gasteiger partial charge in [-0.2, -0.15) is 4.31 Å². The van der Waals surface area contributed by atoms with Crippen molar-refractivity contribution in [1.29, 1.82) is 0 Å². The van der Waals surface area contributed by atoms with E-state index in [0.717, 1.165) is 24.3 Å². The van der Waals surface area contributed by atoms with Crippen LogP contribution in [0.2, 0.25) is 0 Å². The molecule has 30 heavy (non-hydrogen) atoms. The van der Waals surface area contributed by atoms with Crippen LogP contribution in [0.4, 0.5) is 5.69 Å². The van der Waals surface area contributed by atoms with E-state index < -0.39 is 10.0 Å². The average molecular weight is 447 g/mol. The SMILES string of the molecule is COc1cccc(N2CCN(S(=O)(=O)c3ccc(-c4nnc(C5CC5)o4)s3)CC2)c1. The largest absolute Gasteiger partial charge is 0.497 e. The first-order chi connectivity index (χ1) is 14.5. The van der Waals surface area contributed by atoms with Crippen molar-refractivity contribution in [3.63, 3.8) is 0 Å². The molecule has 2 aliphatic rings. The molecule has 0 bridgehead atoms. The number of methoxy groups -OCH3 is 1. The summed E-state index contributed by atoms with van der Waals surface area (Å²) in [7, 11) is -1.92. The monoisotopic (exact) mass is 446 g/mol. The molecular formula is C20H22N4O4S2. The van der Waals surface area contributed by atoms with Crippen LogP contribution in [0.15, 0.2) is 45.0 Å². The fourth-order valence-corrected chi connectivity index (χ4v) is 6.33. The number of anilines is 1. The quantitative estimate of drug-likeness (QED) is 0.574. The van der Waals surface area contributed by atoms with Gasteiger partial charge in [-0.1, -0.05) is 6.07 Å². The molecule has 0 unspecified atom stereocenters. The summed E-state index contributed by atoms with van der Waals surface area (Å²) < 4.78 is 39.1. The van der Waals surface area contributed by atoms with Crippen LogP contribution >= 0.6 is 11.3 Å². The van der Waals surface area contributed by atoms with E-state index in [0.29, 0.717) is 53.0 Å². The van der Waals surface area contributed by atoms with Crippen LogP contribution in [-0.2, 0) is 10.0 Å². The molecule has 0 amide bonds. The van der Waals surface area contributed by atoms with Gasteiger partial charge >= 0.3 is 0 Å². The molecule has 0 spiro atoms. The maximum atomic E-state index is 13.1. The molecule has 5 rings (SSSR count). The van der Waals surface area contributed by atoms with Crippen molar-refractivity contribution >= 4 is 27.0 Å². The summed E-state index contributed by atoms with van der Waals surface area (Å²) in [6.07, 6.45) is 2.15. The van der Waals surface area contributed by atoms with E-state index in [1.807, 2.05) is 24.3 Å². The molecule has 1 aromatic carbocycles. The summed E-state index contributed by atoms with van der Waals surface area (Å²) in [5.74, 6) is 2.21. The van der Waals surface area contributed by atoms with Gasteiger partial charge in [0.15, 0.2) is 0 Å². The second-order valence-corrected chi connectivity index (χ2v) is 10.7. The van der Waals surface area contributed by atoms with Crippen molar-refractivity contribution in [2.75, 3.05) is 38.2 Å². The van der Waals surface area contributed by atoms with E-state index in [1.165, 1.54) is 11.3 Å². The molecule has 2 aromatic heterocycles. The minimum atomic E-state index is -3.55. The maximum absolute atomic E-state index is 13.1. The topological polar surface area (TPSA) is 88.8 Å². The molecule has 8 nitrogen and oxygen atoms in total. The predicted molar refractivity (Wildman–Crippen MR) is 114 cm³/mol. The van der Waals surface area contributed by atoms with Gasteiger partial charge in [-0.3, -0.25) is 0 Å². The van der Waals surface area contributed by atoms with Gasteiger partial charge in [-0.05, 0) is 37.1 Å². The first-order valence-corrected chi connectivity index (χ1v) is 12.1. The van der Waals surface area contributed by atoms with Crippen molar-refractivity contribution < 1.29 is 17.6 Å². The molecular weight excluding hydrogens is 424 g/mol. The van der Waals surface area contributed by atoms with Gasteiger partial charge in [0.25, 0.3) is 15.9 Å². The van der Waals surface area contributed by atoms with Crippen molar-refractivity contribution in [2.24, 2.45) is 0 Å². The third-order valence-electron chi connectivity index (χ3n) is 5.41. The predicted octanol–water partition coefficient (Wildman–Crippen LogP) is 3.20. The lowest BCUT2D eigenvalue weighted by atomic mass is 10.2. The van der Waals surface area contributed by atoms with Crippen molar-refractivity contribution in [2.45, 2.75) is 23.0 Å². The van der Waals surface area contributed by atoms with Crippen LogP contribution in [-0.4, -0.2) is 56.2 Å². The van der Waals surface area contributed by atoms with Crippen LogP contribution in [0.1, 0.15) is 24.7 Å². The second kappa shape index (κ2) is 7.68. The first kappa shape index (κ1) is 19.5. The van der Waals surface area contributed by atoms with Gasteiger partial charge in [-0.25, -0.2) is 8.42 Å². The van der Waals surface area contributed by atoms with Crippen LogP contribution in [0.5, 0.6) is 5.75 Å². The van der Waals surface area contributed by atoms with Gasteiger partial charge in [0, 0.05) is 43.9 Å². The number of aromatic nitrogens is 2. The number of nitrogens with zero attached hydrogens (tertiary/aromatic N) is 4. The van der Waals surface area contributed by atoms with Crippen LogP contribution in [0.25, 0.3) is 10.8 Å². The van der Waals surface area contributed by atoms with Gasteiger partial charge in [0.05, 0.1) is 12.0 Å². The first-order valence-electron chi connectivity index (χ1n) is 9.87. The highest BCUT2D eigenvalue weighted by Crippen LogP contribution is 2.41. The summed E-state index contributed by atoms with van der Waals surface area (Å²) >= 11 is 1.18. The van der Waals surface area contributed by atoms with Gasteiger partial charge in [0.1, 0.15) is 9.96 Å². The Bertz CT molecular complexity index is 1150. The third-order valence-corrected chi connectivity index (χ3v) is 8.85. The van der Waals surface area contributed by atoms with Crippen molar-refractivity contribution in [1.82, 2.24) is 14.5 Å². The Kier molecular flexibility index (Phi) is 5.00. The summed E-state index contributed by atoms with van der Waals surface area (Å²) in [5.41, 5.74) is 1.03. The van der Waals surface area contributed by atoms with Crippen LogP contribution < -0.4 is 9.64 Å². The van der Waals surface area contributed by atoms with E-state index in [-0.39, 0.29) is 0 Å². The summed E-state index contributed by atoms with van der Waals surface area (Å²) in [4.78, 5) is 2.86. The molecule has 1 aliphatic carbocycles. The Hall–Kier alpha value is -2.43. The molecule has 1 saturated heterocycles. The lowest BCUT2D eigenvalue weighted by Crippen LogP contribution is -2.48. The standard InChI is InChI=1S/C20H22N4O4S2/c1-27-16-4-2-3-15(13-16)23-9-11-24(12-10-23)30(25,26)18-8-7-17(29-18)20-22-21-19(28-20)14-5-6-14/h2-4,7-8,13-14H,5-6,9-12H2,1H3.